The Morgan fingerprint density at radius 3 is 1.91 bits per heavy atom. The van der Waals surface area contributed by atoms with E-state index in [4.69, 9.17) is 14.9 Å². The van der Waals surface area contributed by atoms with Gasteiger partial charge >= 0.3 is 11.9 Å². The maximum atomic E-state index is 13.5. The number of hydrogen-bond donors (Lipinski definition) is 4. The quantitative estimate of drug-likeness (QED) is 0.158. The van der Waals surface area contributed by atoms with E-state index in [0.29, 0.717) is 10.6 Å². The number of hydrogen-bond acceptors (Lipinski definition) is 9. The van der Waals surface area contributed by atoms with Gasteiger partial charge < -0.3 is 25.4 Å². The molecule has 2 atom stereocenters. The third-order valence-corrected chi connectivity index (χ3v) is 6.40. The molecule has 0 aliphatic carbocycles. The van der Waals surface area contributed by atoms with Crippen LogP contribution in [0.1, 0.15) is 69.4 Å². The normalized spacial score (nSPS) is 12.7. The highest BCUT2D eigenvalue weighted by atomic mass is 32.2. The first-order valence-corrected chi connectivity index (χ1v) is 15.3. The Morgan fingerprint density at radius 1 is 0.795 bits per heavy atom. The number of esters is 2. The van der Waals surface area contributed by atoms with Crippen molar-refractivity contribution in [2.45, 2.75) is 77.7 Å². The van der Waals surface area contributed by atoms with E-state index in [2.05, 4.69) is 16.0 Å². The van der Waals surface area contributed by atoms with E-state index in [1.165, 1.54) is 23.9 Å². The first-order chi connectivity index (χ1) is 20.5. The van der Waals surface area contributed by atoms with Crippen molar-refractivity contribution >= 4 is 46.5 Å². The number of nitrogens with one attached hydrogen (secondary N) is 4. The zero-order chi connectivity index (χ0) is 33.1. The summed E-state index contributed by atoms with van der Waals surface area (Å²) in [5.41, 5.74) is 0.0272. The molecular weight excluding hydrogens is 584 g/mol. The molecule has 0 spiro atoms. The van der Waals surface area contributed by atoms with Gasteiger partial charge in [0, 0.05) is 17.5 Å². The Balaban J connectivity index is 2.18. The minimum absolute atomic E-state index is 0.111. The molecule has 0 aliphatic rings. The van der Waals surface area contributed by atoms with Crippen molar-refractivity contribution in [1.29, 1.82) is 5.41 Å². The van der Waals surface area contributed by atoms with Crippen molar-refractivity contribution in [3.63, 3.8) is 0 Å². The second-order valence-corrected chi connectivity index (χ2v) is 12.8. The van der Waals surface area contributed by atoms with E-state index in [1.54, 1.807) is 84.2 Å². The molecule has 44 heavy (non-hydrogen) atoms. The van der Waals surface area contributed by atoms with Crippen LogP contribution in [0.2, 0.25) is 0 Å². The molecule has 3 amide bonds. The Bertz CT molecular complexity index is 1330. The summed E-state index contributed by atoms with van der Waals surface area (Å²) in [5, 5.41) is 15.8. The molecule has 0 heterocycles. The number of thioether (sulfide) groups is 1. The molecule has 0 aliphatic heterocycles. The SMILES string of the molecule is CSC(=N)c1ccc(C(=O)NCC(=O)N[C@@H](CC(=O)OC(C)(C)C)C(=O)N[C@@H](Cc2ccccc2)C(=O)OC(C)(C)C)cc1. The van der Waals surface area contributed by atoms with E-state index in [0.717, 1.165) is 5.56 Å². The van der Waals surface area contributed by atoms with Gasteiger partial charge in [0.15, 0.2) is 0 Å². The summed E-state index contributed by atoms with van der Waals surface area (Å²) < 4.78 is 10.9. The van der Waals surface area contributed by atoms with Crippen LogP contribution < -0.4 is 16.0 Å². The number of ether oxygens (including phenoxy) is 2. The van der Waals surface area contributed by atoms with Crippen LogP contribution in [0.15, 0.2) is 54.6 Å². The molecule has 0 saturated heterocycles. The number of benzene rings is 2. The van der Waals surface area contributed by atoms with Crippen molar-refractivity contribution in [2.24, 2.45) is 0 Å². The maximum Gasteiger partial charge on any atom is 0.329 e. The van der Waals surface area contributed by atoms with Crippen molar-refractivity contribution in [2.75, 3.05) is 12.8 Å². The van der Waals surface area contributed by atoms with Crippen molar-refractivity contribution in [3.05, 3.63) is 71.3 Å². The van der Waals surface area contributed by atoms with Gasteiger partial charge in [-0.3, -0.25) is 24.6 Å². The van der Waals surface area contributed by atoms with Gasteiger partial charge in [0.1, 0.15) is 23.3 Å². The van der Waals surface area contributed by atoms with Crippen LogP contribution in [0.3, 0.4) is 0 Å². The first kappa shape index (κ1) is 36.0. The lowest BCUT2D eigenvalue weighted by atomic mass is 10.0. The van der Waals surface area contributed by atoms with Crippen LogP contribution in [-0.2, 0) is 35.1 Å². The highest BCUT2D eigenvalue weighted by Crippen LogP contribution is 2.14. The molecule has 0 fully saturated rings. The van der Waals surface area contributed by atoms with E-state index in [9.17, 15) is 24.0 Å². The van der Waals surface area contributed by atoms with Gasteiger partial charge in [-0.25, -0.2) is 4.79 Å². The molecule has 0 bridgehead atoms. The topological polar surface area (TPSA) is 164 Å². The lowest BCUT2D eigenvalue weighted by Gasteiger charge is -2.27. The molecule has 0 radical (unpaired) electrons. The summed E-state index contributed by atoms with van der Waals surface area (Å²) in [6.07, 6.45) is 1.37. The summed E-state index contributed by atoms with van der Waals surface area (Å²) in [4.78, 5) is 64.7. The summed E-state index contributed by atoms with van der Waals surface area (Å²) in [7, 11) is 0. The third kappa shape index (κ3) is 13.0. The minimum atomic E-state index is -1.41. The fourth-order valence-electron chi connectivity index (χ4n) is 3.85. The molecule has 2 aromatic carbocycles. The molecule has 12 heteroatoms. The molecule has 0 unspecified atom stereocenters. The summed E-state index contributed by atoms with van der Waals surface area (Å²) >= 11 is 1.27. The number of carbonyl (C=O) groups excluding carboxylic acids is 5. The first-order valence-electron chi connectivity index (χ1n) is 14.1. The molecule has 0 aromatic heterocycles. The zero-order valence-electron chi connectivity index (χ0n) is 26.2. The number of carbonyl (C=O) groups is 5. The number of amides is 3. The predicted molar refractivity (Wildman–Crippen MR) is 169 cm³/mol. The van der Waals surface area contributed by atoms with Crippen LogP contribution in [0.4, 0.5) is 0 Å². The number of rotatable bonds is 12. The van der Waals surface area contributed by atoms with Gasteiger partial charge in [0.05, 0.1) is 18.0 Å². The molecule has 4 N–H and O–H groups in total. The van der Waals surface area contributed by atoms with E-state index in [1.807, 2.05) is 6.07 Å². The molecule has 2 aromatic rings. The van der Waals surface area contributed by atoms with Gasteiger partial charge in [-0.1, -0.05) is 42.5 Å². The zero-order valence-corrected chi connectivity index (χ0v) is 27.1. The van der Waals surface area contributed by atoms with Crippen LogP contribution in [0, 0.1) is 5.41 Å². The Labute approximate surface area is 262 Å². The Morgan fingerprint density at radius 2 is 1.36 bits per heavy atom. The lowest BCUT2D eigenvalue weighted by molar-refractivity contribution is -0.159. The Kier molecular flexibility index (Phi) is 13.1. The standard InChI is InChI=1S/C32H42N4O7S/c1-31(2,3)42-26(38)18-23(35-25(37)19-34-28(39)22-15-13-21(14-16-22)27(33)44-7)29(40)36-24(30(41)43-32(4,5)6)17-20-11-9-8-10-12-20/h8-16,23-24,33H,17-19H2,1-7H3,(H,34,39)(H,35,37)(H,36,40)/t23-,24-/m0/s1. The summed E-state index contributed by atoms with van der Waals surface area (Å²) in [5.74, 6) is -3.49. The Hall–Kier alpha value is -4.19. The van der Waals surface area contributed by atoms with E-state index < -0.39 is 65.9 Å². The fourth-order valence-corrected chi connectivity index (χ4v) is 4.22. The second-order valence-electron chi connectivity index (χ2n) is 12.0. The van der Waals surface area contributed by atoms with Crippen LogP contribution in [0.25, 0.3) is 0 Å². The molecule has 0 saturated carbocycles. The predicted octanol–water partition coefficient (Wildman–Crippen LogP) is 3.39. The van der Waals surface area contributed by atoms with Crippen LogP contribution >= 0.6 is 11.8 Å². The van der Waals surface area contributed by atoms with E-state index in [-0.39, 0.29) is 12.0 Å². The maximum absolute atomic E-state index is 13.5. The molecule has 238 valence electrons. The highest BCUT2D eigenvalue weighted by Gasteiger charge is 2.32. The van der Waals surface area contributed by atoms with Gasteiger partial charge in [-0.05, 0) is 65.5 Å². The van der Waals surface area contributed by atoms with Gasteiger partial charge in [-0.15, -0.1) is 11.8 Å². The van der Waals surface area contributed by atoms with Gasteiger partial charge in [0.2, 0.25) is 11.8 Å². The van der Waals surface area contributed by atoms with Gasteiger partial charge in [0.25, 0.3) is 5.91 Å². The summed E-state index contributed by atoms with van der Waals surface area (Å²) in [6, 6.07) is 12.8. The van der Waals surface area contributed by atoms with Gasteiger partial charge in [-0.2, -0.15) is 0 Å². The molecule has 11 nitrogen and oxygen atoms in total. The third-order valence-electron chi connectivity index (χ3n) is 5.76. The van der Waals surface area contributed by atoms with E-state index >= 15 is 0 Å². The highest BCUT2D eigenvalue weighted by molar-refractivity contribution is 8.13. The lowest BCUT2D eigenvalue weighted by Crippen LogP contribution is -2.55. The molecular formula is C32H42N4O7S. The second kappa shape index (κ2) is 16.0. The smallest absolute Gasteiger partial charge is 0.329 e. The monoisotopic (exact) mass is 626 g/mol. The molecule has 2 rings (SSSR count). The minimum Gasteiger partial charge on any atom is -0.460 e. The van der Waals surface area contributed by atoms with Crippen molar-refractivity contribution in [3.8, 4) is 0 Å². The van der Waals surface area contributed by atoms with Crippen molar-refractivity contribution < 1.29 is 33.4 Å². The summed E-state index contributed by atoms with van der Waals surface area (Å²) in [6.45, 7) is 9.63. The largest absolute Gasteiger partial charge is 0.460 e. The van der Waals surface area contributed by atoms with Crippen molar-refractivity contribution in [1.82, 2.24) is 16.0 Å². The average molecular weight is 627 g/mol. The van der Waals surface area contributed by atoms with Crippen LogP contribution in [-0.4, -0.2) is 70.8 Å². The van der Waals surface area contributed by atoms with Crippen LogP contribution in [0.5, 0.6) is 0 Å². The fraction of sp³-hybridized carbons (Fsp3) is 0.438. The average Bonchev–Trinajstić information content (AvgIpc) is 2.93.